The SMILES string of the molecule is C=CCN1C(=O)C(CC(=O)Nc2ccc(C#N)c(Cl)c2)SC1=Nc1nc2ccccc2s1. The number of amidine groups is 1. The summed E-state index contributed by atoms with van der Waals surface area (Å²) >= 11 is 8.69. The molecule has 1 unspecified atom stereocenters. The largest absolute Gasteiger partial charge is 0.326 e. The van der Waals surface area contributed by atoms with E-state index in [1.165, 1.54) is 40.1 Å². The lowest BCUT2D eigenvalue weighted by molar-refractivity contribution is -0.127. The van der Waals surface area contributed by atoms with Crippen LogP contribution in [0.2, 0.25) is 5.02 Å². The molecule has 1 saturated heterocycles. The number of nitriles is 1. The van der Waals surface area contributed by atoms with Crippen LogP contribution < -0.4 is 5.32 Å². The van der Waals surface area contributed by atoms with E-state index in [0.29, 0.717) is 28.1 Å². The lowest BCUT2D eigenvalue weighted by atomic mass is 10.2. The number of hydrogen-bond donors (Lipinski definition) is 1. The summed E-state index contributed by atoms with van der Waals surface area (Å²) in [6.07, 6.45) is 1.58. The topological polar surface area (TPSA) is 98.5 Å². The minimum atomic E-state index is -0.614. The van der Waals surface area contributed by atoms with Gasteiger partial charge in [-0.2, -0.15) is 10.3 Å². The zero-order valence-electron chi connectivity index (χ0n) is 16.6. The third-order valence-electron chi connectivity index (χ3n) is 4.55. The van der Waals surface area contributed by atoms with E-state index in [2.05, 4.69) is 21.9 Å². The predicted octanol–water partition coefficient (Wildman–Crippen LogP) is 4.97. The van der Waals surface area contributed by atoms with Crippen LogP contribution in [0.5, 0.6) is 0 Å². The lowest BCUT2D eigenvalue weighted by Gasteiger charge is -2.13. The lowest BCUT2D eigenvalue weighted by Crippen LogP contribution is -2.33. The maximum Gasteiger partial charge on any atom is 0.242 e. The molecule has 2 aromatic carbocycles. The summed E-state index contributed by atoms with van der Waals surface area (Å²) in [6.45, 7) is 4.00. The van der Waals surface area contributed by atoms with Gasteiger partial charge in [-0.15, -0.1) is 6.58 Å². The first-order chi connectivity index (χ1) is 15.5. The van der Waals surface area contributed by atoms with Crippen molar-refractivity contribution in [1.29, 1.82) is 5.26 Å². The van der Waals surface area contributed by atoms with E-state index in [1.54, 1.807) is 12.1 Å². The van der Waals surface area contributed by atoms with E-state index >= 15 is 0 Å². The number of para-hydroxylation sites is 1. The highest BCUT2D eigenvalue weighted by atomic mass is 35.5. The highest BCUT2D eigenvalue weighted by molar-refractivity contribution is 8.15. The maximum atomic E-state index is 12.9. The Bertz CT molecular complexity index is 1260. The van der Waals surface area contributed by atoms with Crippen LogP contribution in [0.3, 0.4) is 0 Å². The third kappa shape index (κ3) is 4.67. The highest BCUT2D eigenvalue weighted by Crippen LogP contribution is 2.34. The average Bonchev–Trinajstić information content (AvgIpc) is 3.30. The molecule has 0 aliphatic carbocycles. The summed E-state index contributed by atoms with van der Waals surface area (Å²) < 4.78 is 1.01. The first kappa shape index (κ1) is 22.0. The Kier molecular flexibility index (Phi) is 6.55. The summed E-state index contributed by atoms with van der Waals surface area (Å²) in [5.41, 5.74) is 1.63. The van der Waals surface area contributed by atoms with Crippen LogP contribution >= 0.6 is 34.7 Å². The summed E-state index contributed by atoms with van der Waals surface area (Å²) in [5, 5.41) is 12.4. The molecule has 3 aromatic rings. The number of aromatic nitrogens is 1. The summed E-state index contributed by atoms with van der Waals surface area (Å²) in [6, 6.07) is 14.3. The van der Waals surface area contributed by atoms with Gasteiger partial charge >= 0.3 is 0 Å². The van der Waals surface area contributed by atoms with Crippen molar-refractivity contribution in [3.8, 4) is 6.07 Å². The molecule has 1 aliphatic rings. The first-order valence-corrected chi connectivity index (χ1v) is 11.6. The number of rotatable bonds is 6. The molecule has 2 amide bonds. The molecule has 4 rings (SSSR count). The Balaban J connectivity index is 1.50. The molecular weight excluding hydrogens is 466 g/mol. The third-order valence-corrected chi connectivity index (χ3v) is 6.97. The van der Waals surface area contributed by atoms with Gasteiger partial charge < -0.3 is 5.32 Å². The second kappa shape index (κ2) is 9.53. The highest BCUT2D eigenvalue weighted by Gasteiger charge is 2.38. The molecule has 1 atom stereocenters. The number of thioether (sulfide) groups is 1. The molecule has 10 heteroatoms. The van der Waals surface area contributed by atoms with Crippen molar-refractivity contribution >= 4 is 72.7 Å². The fraction of sp³-hybridized carbons (Fsp3) is 0.136. The maximum absolute atomic E-state index is 12.9. The normalized spacial score (nSPS) is 17.0. The first-order valence-electron chi connectivity index (χ1n) is 9.51. The summed E-state index contributed by atoms with van der Waals surface area (Å²) in [4.78, 5) is 36.1. The number of nitrogens with zero attached hydrogens (tertiary/aromatic N) is 4. The quantitative estimate of drug-likeness (QED) is 0.501. The number of benzene rings is 2. The van der Waals surface area contributed by atoms with Crippen LogP contribution in [0.15, 0.2) is 60.1 Å². The van der Waals surface area contributed by atoms with Gasteiger partial charge in [-0.05, 0) is 30.3 Å². The van der Waals surface area contributed by atoms with Crippen molar-refractivity contribution in [3.63, 3.8) is 0 Å². The van der Waals surface area contributed by atoms with Gasteiger partial charge in [-0.25, -0.2) is 4.98 Å². The molecule has 1 fully saturated rings. The molecule has 160 valence electrons. The monoisotopic (exact) mass is 481 g/mol. The molecular formula is C22H16ClN5O2S2. The second-order valence-electron chi connectivity index (χ2n) is 6.76. The molecule has 1 aromatic heterocycles. The number of carbonyl (C=O) groups excluding carboxylic acids is 2. The smallest absolute Gasteiger partial charge is 0.242 e. The van der Waals surface area contributed by atoms with Crippen LogP contribution in [0.4, 0.5) is 10.8 Å². The zero-order chi connectivity index (χ0) is 22.7. The van der Waals surface area contributed by atoms with Crippen molar-refractivity contribution in [2.24, 2.45) is 4.99 Å². The molecule has 7 nitrogen and oxygen atoms in total. The minimum Gasteiger partial charge on any atom is -0.326 e. The number of amides is 2. The Morgan fingerprint density at radius 2 is 2.19 bits per heavy atom. The number of hydrogen-bond acceptors (Lipinski definition) is 7. The van der Waals surface area contributed by atoms with Gasteiger partial charge in [-0.1, -0.05) is 52.9 Å². The van der Waals surface area contributed by atoms with Crippen LogP contribution in [0.25, 0.3) is 10.2 Å². The zero-order valence-corrected chi connectivity index (χ0v) is 19.0. The van der Waals surface area contributed by atoms with Crippen LogP contribution in [0.1, 0.15) is 12.0 Å². The molecule has 32 heavy (non-hydrogen) atoms. The van der Waals surface area contributed by atoms with E-state index in [0.717, 1.165) is 10.2 Å². The van der Waals surface area contributed by atoms with E-state index < -0.39 is 5.25 Å². The number of carbonyl (C=O) groups is 2. The van der Waals surface area contributed by atoms with Gasteiger partial charge in [-0.3, -0.25) is 14.5 Å². The van der Waals surface area contributed by atoms with Gasteiger partial charge in [0.1, 0.15) is 11.3 Å². The van der Waals surface area contributed by atoms with Crippen molar-refractivity contribution < 1.29 is 9.59 Å². The van der Waals surface area contributed by atoms with Gasteiger partial charge in [0.25, 0.3) is 0 Å². The molecule has 0 bridgehead atoms. The Hall–Kier alpha value is -3.19. The van der Waals surface area contributed by atoms with Crippen molar-refractivity contribution in [2.75, 3.05) is 11.9 Å². The standard InChI is InChI=1S/C22H16ClN5O2S2/c1-2-9-28-20(30)18(11-19(29)25-14-8-7-13(12-24)15(23)10-14)32-22(28)27-21-26-16-5-3-4-6-17(16)31-21/h2-8,10,18H,1,9,11H2,(H,25,29). The van der Waals surface area contributed by atoms with E-state index in [1.807, 2.05) is 30.3 Å². The number of halogens is 1. The predicted molar refractivity (Wildman–Crippen MR) is 129 cm³/mol. The van der Waals surface area contributed by atoms with E-state index in [9.17, 15) is 9.59 Å². The molecule has 0 spiro atoms. The summed E-state index contributed by atoms with van der Waals surface area (Å²) in [7, 11) is 0. The number of fused-ring (bicyclic) bond motifs is 1. The molecule has 2 heterocycles. The minimum absolute atomic E-state index is 0.0341. The van der Waals surface area contributed by atoms with E-state index in [4.69, 9.17) is 16.9 Å². The number of anilines is 1. The van der Waals surface area contributed by atoms with Crippen molar-refractivity contribution in [3.05, 3.63) is 65.7 Å². The number of nitrogens with one attached hydrogen (secondary N) is 1. The second-order valence-corrected chi connectivity index (χ2v) is 9.35. The van der Waals surface area contributed by atoms with Gasteiger partial charge in [0.05, 0.1) is 20.8 Å². The average molecular weight is 482 g/mol. The number of aliphatic imine (C=N–C) groups is 1. The molecule has 0 saturated carbocycles. The van der Waals surface area contributed by atoms with Crippen molar-refractivity contribution in [1.82, 2.24) is 9.88 Å². The van der Waals surface area contributed by atoms with Gasteiger partial charge in [0, 0.05) is 18.7 Å². The van der Waals surface area contributed by atoms with Crippen LogP contribution in [-0.2, 0) is 9.59 Å². The van der Waals surface area contributed by atoms with Crippen molar-refractivity contribution in [2.45, 2.75) is 11.7 Å². The summed E-state index contributed by atoms with van der Waals surface area (Å²) in [5.74, 6) is -0.542. The van der Waals surface area contributed by atoms with Crippen LogP contribution in [-0.4, -0.2) is 38.7 Å². The fourth-order valence-corrected chi connectivity index (χ4v) is 5.34. The molecule has 1 N–H and O–H groups in total. The number of thiazole rings is 1. The molecule has 0 radical (unpaired) electrons. The Labute approximate surface area is 197 Å². The fourth-order valence-electron chi connectivity index (χ4n) is 3.08. The Morgan fingerprint density at radius 3 is 2.91 bits per heavy atom. The van der Waals surface area contributed by atoms with E-state index in [-0.39, 0.29) is 23.3 Å². The van der Waals surface area contributed by atoms with Gasteiger partial charge in [0.15, 0.2) is 5.17 Å². The Morgan fingerprint density at radius 1 is 1.38 bits per heavy atom. The van der Waals surface area contributed by atoms with Crippen LogP contribution in [0, 0.1) is 11.3 Å². The van der Waals surface area contributed by atoms with Gasteiger partial charge in [0.2, 0.25) is 16.9 Å². The molecule has 1 aliphatic heterocycles.